The van der Waals surface area contributed by atoms with Crippen LogP contribution >= 0.6 is 0 Å². The van der Waals surface area contributed by atoms with Crippen molar-refractivity contribution in [1.29, 1.82) is 0 Å². The van der Waals surface area contributed by atoms with Crippen LogP contribution in [0.15, 0.2) is 23.0 Å². The smallest absolute Gasteiger partial charge is 0.0951 e. The lowest BCUT2D eigenvalue weighted by Crippen LogP contribution is -2.45. The maximum absolute atomic E-state index is 6.35. The predicted molar refractivity (Wildman–Crippen MR) is 63.1 cm³/mol. The number of hydrogen-bond donors (Lipinski definition) is 1. The lowest BCUT2D eigenvalue weighted by molar-refractivity contribution is -0.0831. The minimum Gasteiger partial charge on any atom is -0.472 e. The van der Waals surface area contributed by atoms with Crippen LogP contribution in [0.2, 0.25) is 0 Å². The molecule has 90 valence electrons. The average Bonchev–Trinajstić information content (AvgIpc) is 2.83. The monoisotopic (exact) mass is 223 g/mol. The molecule has 1 atom stereocenters. The maximum Gasteiger partial charge on any atom is 0.0951 e. The van der Waals surface area contributed by atoms with Crippen molar-refractivity contribution in [3.63, 3.8) is 0 Å². The van der Waals surface area contributed by atoms with E-state index in [0.29, 0.717) is 0 Å². The molecule has 1 aromatic heterocycles. The number of hydrogen-bond acceptors (Lipinski definition) is 3. The molecule has 2 rings (SSSR count). The first-order valence-corrected chi connectivity index (χ1v) is 6.20. The highest BCUT2D eigenvalue weighted by Crippen LogP contribution is 2.40. The summed E-state index contributed by atoms with van der Waals surface area (Å²) in [5.41, 5.74) is 7.23. The van der Waals surface area contributed by atoms with Crippen LogP contribution in [0.25, 0.3) is 0 Å². The van der Waals surface area contributed by atoms with Gasteiger partial charge >= 0.3 is 0 Å². The van der Waals surface area contributed by atoms with Gasteiger partial charge in [0.1, 0.15) is 0 Å². The van der Waals surface area contributed by atoms with Gasteiger partial charge in [-0.1, -0.05) is 19.3 Å². The third-order valence-electron chi connectivity index (χ3n) is 3.60. The summed E-state index contributed by atoms with van der Waals surface area (Å²) in [6.07, 6.45) is 9.27. The molecule has 0 bridgehead atoms. The molecule has 3 nitrogen and oxygen atoms in total. The third-order valence-corrected chi connectivity index (χ3v) is 3.60. The van der Waals surface area contributed by atoms with Gasteiger partial charge in [0.2, 0.25) is 0 Å². The summed E-state index contributed by atoms with van der Waals surface area (Å²) in [5.74, 6) is 0. The molecule has 0 radical (unpaired) electrons. The van der Waals surface area contributed by atoms with Gasteiger partial charge in [0.05, 0.1) is 24.2 Å². The fourth-order valence-corrected chi connectivity index (χ4v) is 2.74. The van der Waals surface area contributed by atoms with E-state index in [2.05, 4.69) is 0 Å². The van der Waals surface area contributed by atoms with E-state index < -0.39 is 0 Å². The summed E-state index contributed by atoms with van der Waals surface area (Å²) in [5, 5.41) is 0. The van der Waals surface area contributed by atoms with Crippen molar-refractivity contribution in [2.75, 3.05) is 6.61 Å². The van der Waals surface area contributed by atoms with Gasteiger partial charge in [-0.15, -0.1) is 0 Å². The van der Waals surface area contributed by atoms with E-state index in [1.807, 2.05) is 13.0 Å². The lowest BCUT2D eigenvalue weighted by atomic mass is 9.77. The van der Waals surface area contributed by atoms with Gasteiger partial charge in [-0.05, 0) is 25.8 Å². The molecular weight excluding hydrogens is 202 g/mol. The average molecular weight is 223 g/mol. The van der Waals surface area contributed by atoms with Crippen molar-refractivity contribution in [3.8, 4) is 0 Å². The second-order valence-corrected chi connectivity index (χ2v) is 4.59. The molecule has 0 saturated heterocycles. The molecule has 1 aromatic rings. The van der Waals surface area contributed by atoms with Gasteiger partial charge in [-0.25, -0.2) is 0 Å². The van der Waals surface area contributed by atoms with Crippen molar-refractivity contribution in [2.24, 2.45) is 5.73 Å². The Morgan fingerprint density at radius 1 is 1.44 bits per heavy atom. The van der Waals surface area contributed by atoms with E-state index >= 15 is 0 Å². The molecule has 1 heterocycles. The molecule has 16 heavy (non-hydrogen) atoms. The Bertz CT molecular complexity index is 296. The summed E-state index contributed by atoms with van der Waals surface area (Å²) >= 11 is 0. The standard InChI is InChI=1S/C13H21NO2/c1-2-16-13(7-4-3-5-8-13)12(14)11-6-9-15-10-11/h6,9-10,12H,2-5,7-8,14H2,1H3. The third kappa shape index (κ3) is 2.15. The van der Waals surface area contributed by atoms with Crippen LogP contribution in [-0.2, 0) is 4.74 Å². The number of nitrogens with two attached hydrogens (primary N) is 1. The van der Waals surface area contributed by atoms with Crippen LogP contribution in [0.1, 0.15) is 50.6 Å². The first kappa shape index (κ1) is 11.7. The van der Waals surface area contributed by atoms with Crippen LogP contribution in [0.3, 0.4) is 0 Å². The van der Waals surface area contributed by atoms with E-state index in [0.717, 1.165) is 25.0 Å². The highest BCUT2D eigenvalue weighted by molar-refractivity contribution is 5.16. The van der Waals surface area contributed by atoms with Crippen molar-refractivity contribution in [1.82, 2.24) is 0 Å². The first-order chi connectivity index (χ1) is 7.78. The quantitative estimate of drug-likeness (QED) is 0.853. The molecule has 0 spiro atoms. The topological polar surface area (TPSA) is 48.4 Å². The lowest BCUT2D eigenvalue weighted by Gasteiger charge is -2.41. The van der Waals surface area contributed by atoms with E-state index in [-0.39, 0.29) is 11.6 Å². The largest absolute Gasteiger partial charge is 0.472 e. The van der Waals surface area contributed by atoms with Gasteiger partial charge in [-0.2, -0.15) is 0 Å². The van der Waals surface area contributed by atoms with Gasteiger partial charge in [0, 0.05) is 12.2 Å². The molecule has 3 heteroatoms. The summed E-state index contributed by atoms with van der Waals surface area (Å²) in [4.78, 5) is 0. The van der Waals surface area contributed by atoms with E-state index in [9.17, 15) is 0 Å². The maximum atomic E-state index is 6.35. The van der Waals surface area contributed by atoms with Crippen molar-refractivity contribution >= 4 is 0 Å². The second-order valence-electron chi connectivity index (χ2n) is 4.59. The van der Waals surface area contributed by atoms with Crippen LogP contribution in [0, 0.1) is 0 Å². The highest BCUT2D eigenvalue weighted by atomic mass is 16.5. The summed E-state index contributed by atoms with van der Waals surface area (Å²) in [6.45, 7) is 2.77. The van der Waals surface area contributed by atoms with Gasteiger partial charge in [-0.3, -0.25) is 0 Å². The van der Waals surface area contributed by atoms with Crippen molar-refractivity contribution < 1.29 is 9.15 Å². The normalized spacial score (nSPS) is 21.9. The van der Waals surface area contributed by atoms with Crippen molar-refractivity contribution in [3.05, 3.63) is 24.2 Å². The van der Waals surface area contributed by atoms with E-state index in [1.165, 1.54) is 19.3 Å². The minimum atomic E-state index is -0.170. The predicted octanol–water partition coefficient (Wildman–Crippen LogP) is 3.02. The zero-order valence-corrected chi connectivity index (χ0v) is 9.95. The highest BCUT2D eigenvalue weighted by Gasteiger charge is 2.39. The van der Waals surface area contributed by atoms with Gasteiger partial charge in [0.15, 0.2) is 0 Å². The molecule has 1 fully saturated rings. The van der Waals surface area contributed by atoms with E-state index in [4.69, 9.17) is 14.9 Å². The SMILES string of the molecule is CCOC1(C(N)c2ccoc2)CCCCC1. The Labute approximate surface area is 97.0 Å². The van der Waals surface area contributed by atoms with Gasteiger partial charge < -0.3 is 14.9 Å². The van der Waals surface area contributed by atoms with Gasteiger partial charge in [0.25, 0.3) is 0 Å². The second kappa shape index (κ2) is 5.02. The fourth-order valence-electron chi connectivity index (χ4n) is 2.74. The van der Waals surface area contributed by atoms with Crippen molar-refractivity contribution in [2.45, 2.75) is 50.7 Å². The van der Waals surface area contributed by atoms with Crippen LogP contribution in [0.5, 0.6) is 0 Å². The van der Waals surface area contributed by atoms with Crippen LogP contribution in [0.4, 0.5) is 0 Å². The Morgan fingerprint density at radius 2 is 2.19 bits per heavy atom. The van der Waals surface area contributed by atoms with Crippen LogP contribution in [-0.4, -0.2) is 12.2 Å². The molecule has 0 amide bonds. The summed E-state index contributed by atoms with van der Waals surface area (Å²) < 4.78 is 11.1. The molecule has 0 aliphatic heterocycles. The summed E-state index contributed by atoms with van der Waals surface area (Å²) in [7, 11) is 0. The Balaban J connectivity index is 2.17. The van der Waals surface area contributed by atoms with E-state index in [1.54, 1.807) is 12.5 Å². The molecular formula is C13H21NO2. The Kier molecular flexibility index (Phi) is 3.66. The molecule has 1 aliphatic carbocycles. The molecule has 1 aliphatic rings. The summed E-state index contributed by atoms with van der Waals surface area (Å²) in [6, 6.07) is 1.88. The minimum absolute atomic E-state index is 0.0634. The number of ether oxygens (including phenoxy) is 1. The Morgan fingerprint density at radius 3 is 2.75 bits per heavy atom. The zero-order chi connectivity index (χ0) is 11.4. The molecule has 2 N–H and O–H groups in total. The zero-order valence-electron chi connectivity index (χ0n) is 9.95. The Hall–Kier alpha value is -0.800. The number of furan rings is 1. The molecule has 1 saturated carbocycles. The number of rotatable bonds is 4. The first-order valence-electron chi connectivity index (χ1n) is 6.20. The fraction of sp³-hybridized carbons (Fsp3) is 0.692. The van der Waals surface area contributed by atoms with Crippen LogP contribution < -0.4 is 5.73 Å². The molecule has 0 aromatic carbocycles. The molecule has 1 unspecified atom stereocenters.